The summed E-state index contributed by atoms with van der Waals surface area (Å²) in [6.07, 6.45) is 26.1. The monoisotopic (exact) mass is 661 g/mol. The van der Waals surface area contributed by atoms with Gasteiger partial charge in [-0.1, -0.05) is 109 Å². The molecule has 45 heavy (non-hydrogen) atoms. The van der Waals surface area contributed by atoms with Gasteiger partial charge < -0.3 is 27.9 Å². The zero-order chi connectivity index (χ0) is 33.7. The Morgan fingerprint density at radius 1 is 0.667 bits per heavy atom. The Kier molecular flexibility index (Phi) is 28.1. The standard InChI is InChI=1S/C35H68NO8P/c1-6-8-10-11-12-13-14-15-16-17-18-19-20-21-22-23-24-26-28-35(38)44-33(31-41-34(37)27-25-9-7-2)32-43-45(39,40)42-30-29-36(3,4)5/h16-17,33H,6-15,18-32H2,1-5H3/b17-16-. The molecular weight excluding hydrogens is 593 g/mol. The van der Waals surface area contributed by atoms with Gasteiger partial charge in [0, 0.05) is 12.8 Å². The van der Waals surface area contributed by atoms with Gasteiger partial charge in [-0.05, 0) is 38.5 Å². The van der Waals surface area contributed by atoms with Gasteiger partial charge >= 0.3 is 11.9 Å². The molecule has 0 aliphatic rings. The molecule has 266 valence electrons. The maximum atomic E-state index is 12.5. The molecule has 0 spiro atoms. The summed E-state index contributed by atoms with van der Waals surface area (Å²) in [4.78, 5) is 36.7. The van der Waals surface area contributed by atoms with Crippen molar-refractivity contribution in [2.75, 3.05) is 47.5 Å². The van der Waals surface area contributed by atoms with Crippen LogP contribution in [0.5, 0.6) is 0 Å². The highest BCUT2D eigenvalue weighted by molar-refractivity contribution is 7.45. The van der Waals surface area contributed by atoms with Crippen LogP contribution in [0.4, 0.5) is 0 Å². The van der Waals surface area contributed by atoms with Crippen LogP contribution in [0.2, 0.25) is 0 Å². The molecule has 0 bridgehead atoms. The van der Waals surface area contributed by atoms with Crippen LogP contribution in [0.25, 0.3) is 0 Å². The largest absolute Gasteiger partial charge is 0.756 e. The number of unbranched alkanes of at least 4 members (excludes halogenated alkanes) is 16. The molecule has 2 atom stereocenters. The van der Waals surface area contributed by atoms with Crippen LogP contribution in [0.1, 0.15) is 149 Å². The Morgan fingerprint density at radius 2 is 1.13 bits per heavy atom. The van der Waals surface area contributed by atoms with Crippen molar-refractivity contribution in [3.05, 3.63) is 12.2 Å². The van der Waals surface area contributed by atoms with E-state index in [1.54, 1.807) is 0 Å². The second kappa shape index (κ2) is 28.9. The van der Waals surface area contributed by atoms with Gasteiger partial charge in [0.05, 0.1) is 27.7 Å². The molecule has 10 heteroatoms. The zero-order valence-corrected chi connectivity index (χ0v) is 30.5. The fourth-order valence-corrected chi connectivity index (χ4v) is 5.38. The molecule has 0 aromatic heterocycles. The number of hydrogen-bond donors (Lipinski definition) is 0. The minimum atomic E-state index is -4.60. The molecule has 0 rings (SSSR count). The molecule has 9 nitrogen and oxygen atoms in total. The summed E-state index contributed by atoms with van der Waals surface area (Å²) < 4.78 is 33.3. The number of carbonyl (C=O) groups excluding carboxylic acids is 2. The Hall–Kier alpha value is -1.25. The van der Waals surface area contributed by atoms with E-state index in [4.69, 9.17) is 18.5 Å². The Morgan fingerprint density at radius 3 is 1.69 bits per heavy atom. The first-order valence-electron chi connectivity index (χ1n) is 17.9. The van der Waals surface area contributed by atoms with Crippen molar-refractivity contribution in [3.8, 4) is 0 Å². The molecule has 0 fully saturated rings. The minimum Gasteiger partial charge on any atom is -0.756 e. The van der Waals surface area contributed by atoms with E-state index in [2.05, 4.69) is 19.1 Å². The first-order chi connectivity index (χ1) is 21.5. The summed E-state index contributed by atoms with van der Waals surface area (Å²) in [6.45, 7) is 4.02. The smallest absolute Gasteiger partial charge is 0.306 e. The van der Waals surface area contributed by atoms with Crippen molar-refractivity contribution in [1.29, 1.82) is 0 Å². The van der Waals surface area contributed by atoms with Gasteiger partial charge in [-0.15, -0.1) is 0 Å². The molecule has 0 heterocycles. The molecule has 0 saturated heterocycles. The number of esters is 2. The Balaban J connectivity index is 4.19. The third-order valence-corrected chi connectivity index (χ3v) is 8.50. The number of nitrogens with zero attached hydrogens (tertiary/aromatic N) is 1. The van der Waals surface area contributed by atoms with E-state index in [1.165, 1.54) is 70.6 Å². The summed E-state index contributed by atoms with van der Waals surface area (Å²) in [5.41, 5.74) is 0. The van der Waals surface area contributed by atoms with Crippen molar-refractivity contribution in [2.45, 2.75) is 155 Å². The molecule has 2 unspecified atom stereocenters. The van der Waals surface area contributed by atoms with Crippen LogP contribution in [0, 0.1) is 0 Å². The normalized spacial score (nSPS) is 14.0. The fourth-order valence-electron chi connectivity index (χ4n) is 4.65. The summed E-state index contributed by atoms with van der Waals surface area (Å²) in [5.74, 6) is -0.867. The molecule has 0 radical (unpaired) electrons. The zero-order valence-electron chi connectivity index (χ0n) is 29.6. The second-order valence-corrected chi connectivity index (χ2v) is 14.6. The minimum absolute atomic E-state index is 0.0302. The third-order valence-electron chi connectivity index (χ3n) is 7.54. The molecule has 0 aromatic carbocycles. The Bertz CT molecular complexity index is 799. The number of allylic oxidation sites excluding steroid dienone is 2. The van der Waals surface area contributed by atoms with Crippen molar-refractivity contribution in [2.24, 2.45) is 0 Å². The molecule has 0 aliphatic heterocycles. The lowest BCUT2D eigenvalue weighted by atomic mass is 10.1. The molecule has 0 N–H and O–H groups in total. The highest BCUT2D eigenvalue weighted by Crippen LogP contribution is 2.38. The maximum absolute atomic E-state index is 12.5. The van der Waals surface area contributed by atoms with Gasteiger partial charge in [-0.2, -0.15) is 0 Å². The summed E-state index contributed by atoms with van der Waals surface area (Å²) >= 11 is 0. The predicted octanol–water partition coefficient (Wildman–Crippen LogP) is 8.44. The van der Waals surface area contributed by atoms with Gasteiger partial charge in [0.25, 0.3) is 7.82 Å². The summed E-state index contributed by atoms with van der Waals surface area (Å²) in [7, 11) is 1.16. The highest BCUT2D eigenvalue weighted by Gasteiger charge is 2.21. The fraction of sp³-hybridized carbons (Fsp3) is 0.886. The molecule has 0 aliphatic carbocycles. The van der Waals surface area contributed by atoms with Gasteiger partial charge in [-0.3, -0.25) is 14.2 Å². The average Bonchev–Trinajstić information content (AvgIpc) is 2.97. The van der Waals surface area contributed by atoms with E-state index in [0.717, 1.165) is 38.5 Å². The number of quaternary nitrogens is 1. The van der Waals surface area contributed by atoms with Crippen LogP contribution >= 0.6 is 7.82 Å². The first-order valence-corrected chi connectivity index (χ1v) is 19.4. The van der Waals surface area contributed by atoms with Gasteiger partial charge in [0.15, 0.2) is 6.10 Å². The lowest BCUT2D eigenvalue weighted by molar-refractivity contribution is -0.870. The Labute approximate surface area is 276 Å². The van der Waals surface area contributed by atoms with Crippen molar-refractivity contribution in [1.82, 2.24) is 0 Å². The molecule has 0 amide bonds. The predicted molar refractivity (Wildman–Crippen MR) is 181 cm³/mol. The number of phosphoric acid groups is 1. The number of carbonyl (C=O) groups is 2. The summed E-state index contributed by atoms with van der Waals surface area (Å²) in [6, 6.07) is 0. The van der Waals surface area contributed by atoms with E-state index in [1.807, 2.05) is 28.1 Å². The number of ether oxygens (including phenoxy) is 2. The van der Waals surface area contributed by atoms with Gasteiger partial charge in [0.1, 0.15) is 19.8 Å². The second-order valence-electron chi connectivity index (χ2n) is 13.2. The summed E-state index contributed by atoms with van der Waals surface area (Å²) in [5, 5.41) is 0. The van der Waals surface area contributed by atoms with Crippen LogP contribution in [-0.2, 0) is 32.7 Å². The van der Waals surface area contributed by atoms with E-state index in [9.17, 15) is 19.0 Å². The number of hydrogen-bond acceptors (Lipinski definition) is 8. The molecule has 0 saturated carbocycles. The first kappa shape index (κ1) is 43.8. The molecule has 0 aromatic rings. The van der Waals surface area contributed by atoms with E-state index >= 15 is 0 Å². The van der Waals surface area contributed by atoms with Gasteiger partial charge in [-0.25, -0.2) is 0 Å². The van der Waals surface area contributed by atoms with Crippen LogP contribution in [0.3, 0.4) is 0 Å². The van der Waals surface area contributed by atoms with Crippen LogP contribution < -0.4 is 4.89 Å². The molecular formula is C35H68NO8P. The van der Waals surface area contributed by atoms with Crippen molar-refractivity contribution < 1.29 is 42.1 Å². The van der Waals surface area contributed by atoms with E-state index in [0.29, 0.717) is 23.9 Å². The SMILES string of the molecule is CCCCCCCCC/C=C\CCCCCCCCCC(=O)OC(COC(=O)CCCCC)COP(=O)([O-])OCC[N+](C)(C)C. The quantitative estimate of drug-likeness (QED) is 0.0232. The maximum Gasteiger partial charge on any atom is 0.306 e. The van der Waals surface area contributed by atoms with Gasteiger partial charge in [0.2, 0.25) is 0 Å². The lowest BCUT2D eigenvalue weighted by Crippen LogP contribution is -2.37. The number of likely N-dealkylation sites (N-methyl/N-ethyl adjacent to an activating group) is 1. The highest BCUT2D eigenvalue weighted by atomic mass is 31.2. The number of phosphoric ester groups is 1. The van der Waals surface area contributed by atoms with Crippen molar-refractivity contribution in [3.63, 3.8) is 0 Å². The van der Waals surface area contributed by atoms with Crippen LogP contribution in [-0.4, -0.2) is 70.0 Å². The van der Waals surface area contributed by atoms with E-state index in [-0.39, 0.29) is 26.1 Å². The van der Waals surface area contributed by atoms with E-state index < -0.39 is 32.5 Å². The van der Waals surface area contributed by atoms with Crippen LogP contribution in [0.15, 0.2) is 12.2 Å². The number of rotatable bonds is 32. The van der Waals surface area contributed by atoms with Crippen molar-refractivity contribution >= 4 is 19.8 Å². The third kappa shape index (κ3) is 32.5. The topological polar surface area (TPSA) is 111 Å². The average molecular weight is 662 g/mol. The lowest BCUT2D eigenvalue weighted by Gasteiger charge is -2.28.